The van der Waals surface area contributed by atoms with E-state index in [1.807, 2.05) is 31.0 Å². The molecule has 1 aromatic carbocycles. The number of fused-ring (bicyclic) bond motifs is 1. The fourth-order valence-corrected chi connectivity index (χ4v) is 1.75. The molecule has 86 valence electrons. The number of nitrogens with zero attached hydrogens (tertiary/aromatic N) is 3. The van der Waals surface area contributed by atoms with Crippen molar-refractivity contribution in [3.63, 3.8) is 0 Å². The lowest BCUT2D eigenvalue weighted by Gasteiger charge is -2.18. The fourth-order valence-electron chi connectivity index (χ4n) is 1.75. The highest BCUT2D eigenvalue weighted by molar-refractivity contribution is 5.78. The van der Waals surface area contributed by atoms with Gasteiger partial charge in [-0.15, -0.1) is 0 Å². The van der Waals surface area contributed by atoms with Crippen molar-refractivity contribution in [3.8, 4) is 6.07 Å². The molecule has 0 radical (unpaired) electrons. The van der Waals surface area contributed by atoms with Gasteiger partial charge < -0.3 is 0 Å². The van der Waals surface area contributed by atoms with Crippen LogP contribution in [0.5, 0.6) is 0 Å². The number of benzene rings is 1. The average molecular weight is 225 g/mol. The predicted octanol–water partition coefficient (Wildman–Crippen LogP) is 2.58. The van der Waals surface area contributed by atoms with Crippen molar-refractivity contribution in [1.82, 2.24) is 9.88 Å². The van der Waals surface area contributed by atoms with Crippen molar-refractivity contribution in [2.24, 2.45) is 0 Å². The Kier molecular flexibility index (Phi) is 3.36. The van der Waals surface area contributed by atoms with Crippen LogP contribution in [0, 0.1) is 11.3 Å². The highest BCUT2D eigenvalue weighted by atomic mass is 15.1. The van der Waals surface area contributed by atoms with Crippen LogP contribution in [0.2, 0.25) is 0 Å². The second-order valence-corrected chi connectivity index (χ2v) is 4.25. The second-order valence-electron chi connectivity index (χ2n) is 4.25. The van der Waals surface area contributed by atoms with E-state index in [9.17, 15) is 0 Å². The number of hydrogen-bond acceptors (Lipinski definition) is 3. The van der Waals surface area contributed by atoms with E-state index in [2.05, 4.69) is 29.3 Å². The predicted molar refractivity (Wildman–Crippen MR) is 68.3 cm³/mol. The lowest BCUT2D eigenvalue weighted by molar-refractivity contribution is 0.294. The molecule has 3 heteroatoms. The molecule has 3 nitrogen and oxygen atoms in total. The first-order valence-corrected chi connectivity index (χ1v) is 5.64. The number of pyridine rings is 1. The molecule has 0 saturated carbocycles. The standard InChI is InChI=1S/C14H15N3/c1-11(9-15)17(2)10-12-5-6-14-13(8-12)4-3-7-16-14/h3-8,11H,10H2,1-2H3. The molecule has 0 spiro atoms. The zero-order chi connectivity index (χ0) is 12.3. The van der Waals surface area contributed by atoms with Crippen LogP contribution in [0.3, 0.4) is 0 Å². The summed E-state index contributed by atoms with van der Waals surface area (Å²) in [7, 11) is 1.96. The highest BCUT2D eigenvalue weighted by Crippen LogP contribution is 2.15. The van der Waals surface area contributed by atoms with E-state index in [0.29, 0.717) is 0 Å². The van der Waals surface area contributed by atoms with E-state index < -0.39 is 0 Å². The third kappa shape index (κ3) is 2.61. The van der Waals surface area contributed by atoms with Gasteiger partial charge in [-0.05, 0) is 37.7 Å². The quantitative estimate of drug-likeness (QED) is 0.806. The molecule has 0 N–H and O–H groups in total. The summed E-state index contributed by atoms with van der Waals surface area (Å²) >= 11 is 0. The molecule has 1 unspecified atom stereocenters. The van der Waals surface area contributed by atoms with E-state index in [1.54, 1.807) is 6.20 Å². The summed E-state index contributed by atoms with van der Waals surface area (Å²) in [6.45, 7) is 2.68. The molecule has 2 rings (SSSR count). The van der Waals surface area contributed by atoms with Crippen molar-refractivity contribution in [1.29, 1.82) is 5.26 Å². The molecule has 1 heterocycles. The van der Waals surface area contributed by atoms with Gasteiger partial charge in [0.2, 0.25) is 0 Å². The van der Waals surface area contributed by atoms with Crippen molar-refractivity contribution in [2.75, 3.05) is 7.05 Å². The molecule has 2 aromatic rings. The third-order valence-corrected chi connectivity index (χ3v) is 2.95. The molecule has 0 saturated heterocycles. The van der Waals surface area contributed by atoms with Crippen molar-refractivity contribution < 1.29 is 0 Å². The second kappa shape index (κ2) is 4.94. The van der Waals surface area contributed by atoms with Crippen molar-refractivity contribution in [3.05, 3.63) is 42.1 Å². The van der Waals surface area contributed by atoms with Crippen LogP contribution < -0.4 is 0 Å². The minimum absolute atomic E-state index is 0.0698. The smallest absolute Gasteiger partial charge is 0.0949 e. The largest absolute Gasteiger partial charge is 0.287 e. The molecule has 0 amide bonds. The Labute approximate surface area is 101 Å². The number of aromatic nitrogens is 1. The molecule has 17 heavy (non-hydrogen) atoms. The third-order valence-electron chi connectivity index (χ3n) is 2.95. The highest BCUT2D eigenvalue weighted by Gasteiger charge is 2.08. The minimum atomic E-state index is -0.0698. The lowest BCUT2D eigenvalue weighted by Crippen LogP contribution is -2.26. The molecule has 0 aliphatic carbocycles. The van der Waals surface area contributed by atoms with Crippen LogP contribution in [0.25, 0.3) is 10.9 Å². The van der Waals surface area contributed by atoms with Crippen LogP contribution in [-0.4, -0.2) is 23.0 Å². The van der Waals surface area contributed by atoms with Gasteiger partial charge >= 0.3 is 0 Å². The van der Waals surface area contributed by atoms with Crippen molar-refractivity contribution in [2.45, 2.75) is 19.5 Å². The lowest BCUT2D eigenvalue weighted by atomic mass is 10.1. The van der Waals surface area contributed by atoms with E-state index in [4.69, 9.17) is 5.26 Å². The Balaban J connectivity index is 2.23. The number of nitriles is 1. The van der Waals surface area contributed by atoms with Gasteiger partial charge in [-0.25, -0.2) is 0 Å². The van der Waals surface area contributed by atoms with Gasteiger partial charge in [-0.1, -0.05) is 12.1 Å². The Morgan fingerprint density at radius 3 is 3.00 bits per heavy atom. The zero-order valence-corrected chi connectivity index (χ0v) is 10.1. The monoisotopic (exact) mass is 225 g/mol. The summed E-state index contributed by atoms with van der Waals surface area (Å²) in [4.78, 5) is 6.31. The van der Waals surface area contributed by atoms with E-state index >= 15 is 0 Å². The summed E-state index contributed by atoms with van der Waals surface area (Å²) < 4.78 is 0. The maximum atomic E-state index is 8.85. The topological polar surface area (TPSA) is 39.9 Å². The molecular weight excluding hydrogens is 210 g/mol. The maximum absolute atomic E-state index is 8.85. The van der Waals surface area contributed by atoms with Gasteiger partial charge in [-0.2, -0.15) is 5.26 Å². The average Bonchev–Trinajstić information content (AvgIpc) is 2.37. The minimum Gasteiger partial charge on any atom is -0.287 e. The van der Waals surface area contributed by atoms with Crippen LogP contribution >= 0.6 is 0 Å². The van der Waals surface area contributed by atoms with Gasteiger partial charge in [0.1, 0.15) is 0 Å². The first-order chi connectivity index (χ1) is 8.20. The van der Waals surface area contributed by atoms with Gasteiger partial charge in [-0.3, -0.25) is 9.88 Å². The molecule has 0 aliphatic heterocycles. The summed E-state index contributed by atoms with van der Waals surface area (Å²) in [5, 5.41) is 9.99. The van der Waals surface area contributed by atoms with Crippen LogP contribution in [0.1, 0.15) is 12.5 Å². The first kappa shape index (κ1) is 11.6. The van der Waals surface area contributed by atoms with E-state index in [0.717, 1.165) is 17.4 Å². The zero-order valence-electron chi connectivity index (χ0n) is 10.1. The van der Waals surface area contributed by atoms with Gasteiger partial charge in [0.05, 0.1) is 17.6 Å². The van der Waals surface area contributed by atoms with E-state index in [1.165, 1.54) is 5.56 Å². The molecule has 0 aliphatic rings. The number of hydrogen-bond donors (Lipinski definition) is 0. The van der Waals surface area contributed by atoms with Crippen LogP contribution in [-0.2, 0) is 6.54 Å². The Bertz CT molecular complexity index is 557. The van der Waals surface area contributed by atoms with Gasteiger partial charge in [0.25, 0.3) is 0 Å². The van der Waals surface area contributed by atoms with Crippen LogP contribution in [0.15, 0.2) is 36.5 Å². The summed E-state index contributed by atoms with van der Waals surface area (Å²) in [5.41, 5.74) is 2.21. The first-order valence-electron chi connectivity index (χ1n) is 5.64. The SMILES string of the molecule is CC(C#N)N(C)Cc1ccc2ncccc2c1. The molecule has 1 atom stereocenters. The maximum Gasteiger partial charge on any atom is 0.0949 e. The molecule has 0 fully saturated rings. The Hall–Kier alpha value is -1.92. The summed E-state index contributed by atoms with van der Waals surface area (Å²) in [6.07, 6.45) is 1.80. The summed E-state index contributed by atoms with van der Waals surface area (Å²) in [5.74, 6) is 0. The van der Waals surface area contributed by atoms with E-state index in [-0.39, 0.29) is 6.04 Å². The van der Waals surface area contributed by atoms with Gasteiger partial charge in [0, 0.05) is 18.1 Å². The summed E-state index contributed by atoms with van der Waals surface area (Å²) in [6, 6.07) is 12.4. The Morgan fingerprint density at radius 2 is 2.24 bits per heavy atom. The molecular formula is C14H15N3. The Morgan fingerprint density at radius 1 is 1.41 bits per heavy atom. The normalized spacial score (nSPS) is 12.6. The van der Waals surface area contributed by atoms with Gasteiger partial charge in [0.15, 0.2) is 0 Å². The van der Waals surface area contributed by atoms with Crippen LogP contribution in [0.4, 0.5) is 0 Å². The molecule has 0 bridgehead atoms. The molecule has 1 aromatic heterocycles. The van der Waals surface area contributed by atoms with Crippen molar-refractivity contribution >= 4 is 10.9 Å². The fraction of sp³-hybridized carbons (Fsp3) is 0.286. The number of rotatable bonds is 3.